The van der Waals surface area contributed by atoms with Gasteiger partial charge >= 0.3 is 0 Å². The topological polar surface area (TPSA) is 17.0 Å². The molecule has 0 unspecified atom stereocenters. The Morgan fingerprint density at radius 2 is 1.94 bits per heavy atom. The van der Waals surface area contributed by atoms with Crippen molar-refractivity contribution in [2.24, 2.45) is 0 Å². The lowest BCUT2D eigenvalue weighted by Gasteiger charge is -2.13. The van der Waals surface area contributed by atoms with Crippen molar-refractivity contribution in [1.82, 2.24) is 9.88 Å². The average molecular weight is 263 g/mol. The Hall–Kier alpha value is -1.25. The summed E-state index contributed by atoms with van der Waals surface area (Å²) in [5, 5.41) is 4.26. The minimum atomic E-state index is 0.494. The van der Waals surface area contributed by atoms with E-state index in [1.54, 1.807) is 0 Å². The van der Waals surface area contributed by atoms with Crippen LogP contribution < -0.4 is 5.32 Å². The molecule has 0 saturated heterocycles. The van der Waals surface area contributed by atoms with E-state index in [4.69, 9.17) is 11.6 Å². The summed E-state index contributed by atoms with van der Waals surface area (Å²) in [7, 11) is 0. The molecule has 18 heavy (non-hydrogen) atoms. The predicted molar refractivity (Wildman–Crippen MR) is 77.0 cm³/mol. The van der Waals surface area contributed by atoms with E-state index in [9.17, 15) is 0 Å². The van der Waals surface area contributed by atoms with Gasteiger partial charge in [0.15, 0.2) is 0 Å². The van der Waals surface area contributed by atoms with E-state index in [2.05, 4.69) is 48.1 Å². The van der Waals surface area contributed by atoms with Crippen LogP contribution in [0.2, 0.25) is 5.02 Å². The van der Waals surface area contributed by atoms with Crippen molar-refractivity contribution in [2.45, 2.75) is 33.0 Å². The quantitative estimate of drug-likeness (QED) is 0.870. The van der Waals surface area contributed by atoms with Crippen molar-refractivity contribution in [1.29, 1.82) is 0 Å². The number of nitrogens with one attached hydrogen (secondary N) is 1. The highest BCUT2D eigenvalue weighted by molar-refractivity contribution is 6.31. The Bertz CT molecular complexity index is 503. The molecule has 0 aliphatic heterocycles. The minimum absolute atomic E-state index is 0.494. The molecule has 0 aliphatic rings. The summed E-state index contributed by atoms with van der Waals surface area (Å²) in [5.41, 5.74) is 2.43. The summed E-state index contributed by atoms with van der Waals surface area (Å²) in [6.07, 6.45) is 2.10. The van der Waals surface area contributed by atoms with Gasteiger partial charge in [-0.1, -0.05) is 43.6 Å². The molecule has 0 fully saturated rings. The van der Waals surface area contributed by atoms with Crippen molar-refractivity contribution >= 4 is 11.6 Å². The summed E-state index contributed by atoms with van der Waals surface area (Å²) in [6, 6.07) is 12.7. The normalized spacial score (nSPS) is 11.1. The summed E-state index contributed by atoms with van der Waals surface area (Å²) < 4.78 is 2.23. The van der Waals surface area contributed by atoms with E-state index < -0.39 is 0 Å². The molecule has 0 atom stereocenters. The summed E-state index contributed by atoms with van der Waals surface area (Å²) in [5.74, 6) is 0. The molecule has 96 valence electrons. The Balaban J connectivity index is 2.10. The first kappa shape index (κ1) is 13.2. The maximum Gasteiger partial charge on any atom is 0.0488 e. The third-order valence-electron chi connectivity index (χ3n) is 2.91. The Morgan fingerprint density at radius 3 is 2.67 bits per heavy atom. The van der Waals surface area contributed by atoms with Crippen molar-refractivity contribution in [2.75, 3.05) is 0 Å². The minimum Gasteiger partial charge on any atom is -0.346 e. The number of hydrogen-bond acceptors (Lipinski definition) is 1. The van der Waals surface area contributed by atoms with Gasteiger partial charge < -0.3 is 9.88 Å². The van der Waals surface area contributed by atoms with Crippen LogP contribution in [0.4, 0.5) is 0 Å². The smallest absolute Gasteiger partial charge is 0.0488 e. The third kappa shape index (κ3) is 3.37. The molecule has 1 N–H and O–H groups in total. The second-order valence-electron chi connectivity index (χ2n) is 4.75. The van der Waals surface area contributed by atoms with Crippen LogP contribution >= 0.6 is 11.6 Å². The van der Waals surface area contributed by atoms with Crippen LogP contribution in [0.1, 0.15) is 25.1 Å². The number of hydrogen-bond donors (Lipinski definition) is 1. The van der Waals surface area contributed by atoms with Crippen LogP contribution in [0.5, 0.6) is 0 Å². The highest BCUT2D eigenvalue weighted by Crippen LogP contribution is 2.17. The van der Waals surface area contributed by atoms with Crippen molar-refractivity contribution in [3.05, 3.63) is 58.9 Å². The first-order chi connectivity index (χ1) is 8.66. The number of aromatic nitrogens is 1. The molecule has 0 saturated carbocycles. The highest BCUT2D eigenvalue weighted by Gasteiger charge is 2.04. The van der Waals surface area contributed by atoms with Crippen LogP contribution in [-0.4, -0.2) is 10.6 Å². The van der Waals surface area contributed by atoms with Gasteiger partial charge in [0.1, 0.15) is 0 Å². The zero-order valence-corrected chi connectivity index (χ0v) is 11.6. The van der Waals surface area contributed by atoms with E-state index >= 15 is 0 Å². The third-order valence-corrected chi connectivity index (χ3v) is 3.28. The molecular formula is C15H19ClN2. The van der Waals surface area contributed by atoms with E-state index in [1.807, 2.05) is 18.2 Å². The fourth-order valence-corrected chi connectivity index (χ4v) is 2.08. The lowest BCUT2D eigenvalue weighted by atomic mass is 10.2. The van der Waals surface area contributed by atoms with Crippen molar-refractivity contribution in [3.8, 4) is 0 Å². The van der Waals surface area contributed by atoms with Crippen LogP contribution in [0.3, 0.4) is 0 Å². The molecule has 1 aromatic heterocycles. The second-order valence-corrected chi connectivity index (χ2v) is 5.16. The zero-order valence-electron chi connectivity index (χ0n) is 10.9. The number of nitrogens with zero attached hydrogens (tertiary/aromatic N) is 1. The van der Waals surface area contributed by atoms with Gasteiger partial charge in [-0.2, -0.15) is 0 Å². The van der Waals surface area contributed by atoms with Gasteiger partial charge in [0.25, 0.3) is 0 Å². The molecule has 0 spiro atoms. The standard InChI is InChI=1S/C15H19ClN2/c1-12(2)17-10-14-7-5-9-18(14)11-13-6-3-4-8-15(13)16/h3-9,12,17H,10-11H2,1-2H3. The summed E-state index contributed by atoms with van der Waals surface area (Å²) in [6.45, 7) is 6.01. The Labute approximate surface area is 114 Å². The largest absolute Gasteiger partial charge is 0.346 e. The lowest BCUT2D eigenvalue weighted by molar-refractivity contribution is 0.564. The summed E-state index contributed by atoms with van der Waals surface area (Å²) >= 11 is 6.19. The van der Waals surface area contributed by atoms with Gasteiger partial charge in [-0.05, 0) is 23.8 Å². The highest BCUT2D eigenvalue weighted by atomic mass is 35.5. The Morgan fingerprint density at radius 1 is 1.17 bits per heavy atom. The molecule has 3 heteroatoms. The van der Waals surface area contributed by atoms with Gasteiger partial charge in [-0.25, -0.2) is 0 Å². The van der Waals surface area contributed by atoms with Crippen molar-refractivity contribution in [3.63, 3.8) is 0 Å². The van der Waals surface area contributed by atoms with Gasteiger partial charge in [-0.15, -0.1) is 0 Å². The molecular weight excluding hydrogens is 244 g/mol. The van der Waals surface area contributed by atoms with Gasteiger partial charge in [0, 0.05) is 36.0 Å². The van der Waals surface area contributed by atoms with Crippen molar-refractivity contribution < 1.29 is 0 Å². The molecule has 0 radical (unpaired) electrons. The number of halogens is 1. The Kier molecular flexibility index (Phi) is 4.45. The molecule has 2 aromatic rings. The van der Waals surface area contributed by atoms with Gasteiger partial charge in [0.2, 0.25) is 0 Å². The average Bonchev–Trinajstić information content (AvgIpc) is 2.77. The molecule has 0 bridgehead atoms. The monoisotopic (exact) mass is 262 g/mol. The van der Waals surface area contributed by atoms with Gasteiger partial charge in [0.05, 0.1) is 0 Å². The van der Waals surface area contributed by atoms with E-state index in [0.29, 0.717) is 6.04 Å². The van der Waals surface area contributed by atoms with Crippen LogP contribution in [0.15, 0.2) is 42.6 Å². The van der Waals surface area contributed by atoms with E-state index in [1.165, 1.54) is 5.69 Å². The lowest BCUT2D eigenvalue weighted by Crippen LogP contribution is -2.23. The molecule has 2 rings (SSSR count). The maximum atomic E-state index is 6.19. The number of rotatable bonds is 5. The second kappa shape index (κ2) is 6.07. The molecule has 1 aromatic carbocycles. The predicted octanol–water partition coefficient (Wildman–Crippen LogP) is 3.69. The number of benzene rings is 1. The zero-order chi connectivity index (χ0) is 13.0. The molecule has 1 heterocycles. The van der Waals surface area contributed by atoms with E-state index in [0.717, 1.165) is 23.7 Å². The molecule has 0 amide bonds. The molecule has 2 nitrogen and oxygen atoms in total. The fraction of sp³-hybridized carbons (Fsp3) is 0.333. The van der Waals surface area contributed by atoms with Crippen LogP contribution in [0, 0.1) is 0 Å². The van der Waals surface area contributed by atoms with Gasteiger partial charge in [-0.3, -0.25) is 0 Å². The summed E-state index contributed by atoms with van der Waals surface area (Å²) in [4.78, 5) is 0. The van der Waals surface area contributed by atoms with E-state index in [-0.39, 0.29) is 0 Å². The SMILES string of the molecule is CC(C)NCc1cccn1Cc1ccccc1Cl. The first-order valence-corrected chi connectivity index (χ1v) is 6.65. The van der Waals surface area contributed by atoms with Crippen LogP contribution in [0.25, 0.3) is 0 Å². The maximum absolute atomic E-state index is 6.19. The molecule has 0 aliphatic carbocycles. The fourth-order valence-electron chi connectivity index (χ4n) is 1.88. The first-order valence-electron chi connectivity index (χ1n) is 6.27. The van der Waals surface area contributed by atoms with Crippen LogP contribution in [-0.2, 0) is 13.1 Å².